The number of aromatic amines is 1. The van der Waals surface area contributed by atoms with Gasteiger partial charge in [-0.2, -0.15) is 23.5 Å². The summed E-state index contributed by atoms with van der Waals surface area (Å²) < 4.78 is 7.31. The molecule has 8 heteroatoms. The van der Waals surface area contributed by atoms with Gasteiger partial charge in [-0.05, 0) is 11.5 Å². The summed E-state index contributed by atoms with van der Waals surface area (Å²) in [4.78, 5) is 25.4. The zero-order valence-corrected chi connectivity index (χ0v) is 13.7. The van der Waals surface area contributed by atoms with Gasteiger partial charge in [0.15, 0.2) is 6.23 Å². The van der Waals surface area contributed by atoms with Crippen LogP contribution in [0.15, 0.2) is 21.9 Å². The summed E-state index contributed by atoms with van der Waals surface area (Å²) in [7, 11) is 0. The van der Waals surface area contributed by atoms with Crippen molar-refractivity contribution in [2.45, 2.75) is 36.7 Å². The van der Waals surface area contributed by atoms with E-state index in [1.807, 2.05) is 0 Å². The van der Waals surface area contributed by atoms with E-state index in [1.54, 1.807) is 23.5 Å². The molecule has 0 spiro atoms. The van der Waals surface area contributed by atoms with Gasteiger partial charge in [0.25, 0.3) is 5.56 Å². The molecular formula is C13H20N2O4S2. The second-order valence-corrected chi connectivity index (χ2v) is 7.52. The third-order valence-electron chi connectivity index (χ3n) is 3.31. The van der Waals surface area contributed by atoms with Gasteiger partial charge in [0, 0.05) is 17.5 Å². The third kappa shape index (κ3) is 3.56. The summed E-state index contributed by atoms with van der Waals surface area (Å²) in [6, 6.07) is 1.31. The maximum Gasteiger partial charge on any atom is 0.330 e. The normalized spacial score (nSPS) is 28.9. The average molecular weight is 332 g/mol. The number of rotatable bonds is 6. The first-order valence-corrected chi connectivity index (χ1v) is 9.03. The zero-order chi connectivity index (χ0) is 15.4. The minimum atomic E-state index is -0.479. The molecule has 0 amide bonds. The van der Waals surface area contributed by atoms with Gasteiger partial charge in [0.1, 0.15) is 0 Å². The lowest BCUT2D eigenvalue weighted by molar-refractivity contribution is -0.0225. The van der Waals surface area contributed by atoms with Gasteiger partial charge >= 0.3 is 5.69 Å². The molecule has 0 saturated carbocycles. The Morgan fingerprint density at radius 2 is 1.95 bits per heavy atom. The van der Waals surface area contributed by atoms with Gasteiger partial charge in [-0.1, -0.05) is 13.8 Å². The SMILES string of the molecule is CCS[C@@H]1[C@H](SCC)[C@@H](CO)O[C@H]1n1ccc(=O)[nH]c1=O. The molecule has 0 bridgehead atoms. The fraction of sp³-hybridized carbons (Fsp3) is 0.692. The van der Waals surface area contributed by atoms with E-state index in [-0.39, 0.29) is 23.2 Å². The highest BCUT2D eigenvalue weighted by Gasteiger charge is 2.45. The Kier molecular flexibility index (Phi) is 5.98. The number of hydrogen-bond acceptors (Lipinski definition) is 6. The monoisotopic (exact) mass is 332 g/mol. The van der Waals surface area contributed by atoms with Crippen LogP contribution >= 0.6 is 23.5 Å². The standard InChI is InChI=1S/C13H20N2O4S2/c1-3-20-10-8(7-16)19-12(11(10)21-4-2)15-6-5-9(17)14-13(15)18/h5-6,8,10-12,16H,3-4,7H2,1-2H3,(H,14,17,18)/t8-,10-,11-,12-/m1/s1. The smallest absolute Gasteiger partial charge is 0.330 e. The Morgan fingerprint density at radius 3 is 2.52 bits per heavy atom. The highest BCUT2D eigenvalue weighted by molar-refractivity contribution is 8.03. The van der Waals surface area contributed by atoms with Crippen LogP contribution in [-0.4, -0.2) is 49.4 Å². The first-order chi connectivity index (χ1) is 10.1. The van der Waals surface area contributed by atoms with Crippen molar-refractivity contribution in [3.63, 3.8) is 0 Å². The summed E-state index contributed by atoms with van der Waals surface area (Å²) in [6.45, 7) is 4.04. The Hall–Kier alpha value is -0.700. The highest BCUT2D eigenvalue weighted by atomic mass is 32.2. The Labute approximate surface area is 131 Å². The molecule has 118 valence electrons. The summed E-state index contributed by atoms with van der Waals surface area (Å²) in [6.07, 6.45) is 0.686. The maximum atomic E-state index is 12.0. The van der Waals surface area contributed by atoms with Gasteiger partial charge < -0.3 is 9.84 Å². The number of nitrogens with one attached hydrogen (secondary N) is 1. The quantitative estimate of drug-likeness (QED) is 0.796. The molecule has 1 aliphatic heterocycles. The lowest BCUT2D eigenvalue weighted by Gasteiger charge is -2.23. The molecule has 1 fully saturated rings. The molecule has 0 unspecified atom stereocenters. The average Bonchev–Trinajstić information content (AvgIpc) is 2.78. The van der Waals surface area contributed by atoms with E-state index in [4.69, 9.17) is 4.74 Å². The maximum absolute atomic E-state index is 12.0. The minimum absolute atomic E-state index is 0.0562. The van der Waals surface area contributed by atoms with Crippen molar-refractivity contribution in [2.24, 2.45) is 0 Å². The highest BCUT2D eigenvalue weighted by Crippen LogP contribution is 2.42. The molecule has 4 atom stereocenters. The molecule has 2 N–H and O–H groups in total. The Bertz CT molecular complexity index is 574. The first kappa shape index (κ1) is 16.7. The van der Waals surface area contributed by atoms with Crippen LogP contribution in [0.3, 0.4) is 0 Å². The number of H-pyrrole nitrogens is 1. The van der Waals surface area contributed by atoms with Crippen LogP contribution in [-0.2, 0) is 4.74 Å². The van der Waals surface area contributed by atoms with Crippen LogP contribution in [0.25, 0.3) is 0 Å². The second-order valence-electron chi connectivity index (χ2n) is 4.60. The van der Waals surface area contributed by atoms with Crippen molar-refractivity contribution in [1.82, 2.24) is 9.55 Å². The lowest BCUT2D eigenvalue weighted by Crippen LogP contribution is -2.35. The van der Waals surface area contributed by atoms with Crippen molar-refractivity contribution in [1.29, 1.82) is 0 Å². The predicted molar refractivity (Wildman–Crippen MR) is 86.2 cm³/mol. The molecule has 1 saturated heterocycles. The van der Waals surface area contributed by atoms with Gasteiger partial charge in [-0.15, -0.1) is 0 Å². The van der Waals surface area contributed by atoms with Crippen LogP contribution in [0, 0.1) is 0 Å². The van der Waals surface area contributed by atoms with Crippen molar-refractivity contribution in [3.05, 3.63) is 33.1 Å². The van der Waals surface area contributed by atoms with E-state index in [1.165, 1.54) is 16.8 Å². The summed E-state index contributed by atoms with van der Waals surface area (Å²) in [5.74, 6) is 1.81. The number of aliphatic hydroxyl groups is 1. The van der Waals surface area contributed by atoms with Crippen LogP contribution in [0.4, 0.5) is 0 Å². The molecule has 21 heavy (non-hydrogen) atoms. The van der Waals surface area contributed by atoms with Crippen molar-refractivity contribution < 1.29 is 9.84 Å². The fourth-order valence-electron chi connectivity index (χ4n) is 2.47. The van der Waals surface area contributed by atoms with Crippen molar-refractivity contribution >= 4 is 23.5 Å². The summed E-state index contributed by atoms with van der Waals surface area (Å²) >= 11 is 3.45. The zero-order valence-electron chi connectivity index (χ0n) is 12.0. The summed E-state index contributed by atoms with van der Waals surface area (Å²) in [5, 5.41) is 9.71. The largest absolute Gasteiger partial charge is 0.394 e. The Balaban J connectivity index is 2.36. The molecule has 1 aliphatic rings. The van der Waals surface area contributed by atoms with Crippen molar-refractivity contribution in [3.8, 4) is 0 Å². The predicted octanol–water partition coefficient (Wildman–Crippen LogP) is 0.670. The number of aromatic nitrogens is 2. The van der Waals surface area contributed by atoms with E-state index in [9.17, 15) is 14.7 Å². The molecule has 2 rings (SSSR count). The van der Waals surface area contributed by atoms with E-state index in [0.29, 0.717) is 0 Å². The van der Waals surface area contributed by atoms with Crippen LogP contribution < -0.4 is 11.2 Å². The second kappa shape index (κ2) is 7.53. The molecular weight excluding hydrogens is 312 g/mol. The van der Waals surface area contributed by atoms with Crippen LogP contribution in [0.5, 0.6) is 0 Å². The molecule has 6 nitrogen and oxygen atoms in total. The lowest BCUT2D eigenvalue weighted by atomic mass is 10.2. The molecule has 0 aromatic carbocycles. The molecule has 1 aromatic rings. The van der Waals surface area contributed by atoms with Gasteiger partial charge in [-0.3, -0.25) is 14.3 Å². The molecule has 0 radical (unpaired) electrons. The molecule has 0 aliphatic carbocycles. The first-order valence-electron chi connectivity index (χ1n) is 6.93. The van der Waals surface area contributed by atoms with E-state index >= 15 is 0 Å². The van der Waals surface area contributed by atoms with Crippen LogP contribution in [0.2, 0.25) is 0 Å². The van der Waals surface area contributed by atoms with E-state index in [2.05, 4.69) is 18.8 Å². The van der Waals surface area contributed by atoms with Gasteiger partial charge in [0.2, 0.25) is 0 Å². The Morgan fingerprint density at radius 1 is 1.29 bits per heavy atom. The third-order valence-corrected chi connectivity index (χ3v) is 6.04. The van der Waals surface area contributed by atoms with E-state index < -0.39 is 17.5 Å². The van der Waals surface area contributed by atoms with Crippen molar-refractivity contribution in [2.75, 3.05) is 18.1 Å². The van der Waals surface area contributed by atoms with Gasteiger partial charge in [-0.25, -0.2) is 4.79 Å². The number of aliphatic hydroxyl groups excluding tert-OH is 1. The number of nitrogens with zero attached hydrogens (tertiary/aromatic N) is 1. The fourth-order valence-corrected chi connectivity index (χ4v) is 5.13. The van der Waals surface area contributed by atoms with E-state index in [0.717, 1.165) is 11.5 Å². The molecule has 2 heterocycles. The number of thioether (sulfide) groups is 2. The topological polar surface area (TPSA) is 84.3 Å². The number of ether oxygens (including phenoxy) is 1. The van der Waals surface area contributed by atoms with Gasteiger partial charge in [0.05, 0.1) is 18.0 Å². The number of hydrogen-bond donors (Lipinski definition) is 2. The molecule has 1 aromatic heterocycles. The summed E-state index contributed by atoms with van der Waals surface area (Å²) in [5.41, 5.74) is -0.903. The van der Waals surface area contributed by atoms with Crippen LogP contribution in [0.1, 0.15) is 20.1 Å². The minimum Gasteiger partial charge on any atom is -0.394 e.